The highest BCUT2D eigenvalue weighted by Gasteiger charge is 2.31. The fourth-order valence-corrected chi connectivity index (χ4v) is 1.05. The van der Waals surface area contributed by atoms with E-state index in [-0.39, 0.29) is 11.3 Å². The molecule has 0 N–H and O–H groups in total. The van der Waals surface area contributed by atoms with E-state index in [1.165, 1.54) is 18.2 Å². The molecule has 0 saturated carbocycles. The summed E-state index contributed by atoms with van der Waals surface area (Å²) in [7, 11) is 0. The van der Waals surface area contributed by atoms with Gasteiger partial charge in [0.05, 0.1) is 10.9 Å². The number of para-hydroxylation sites is 1. The number of hydrogen-bond acceptors (Lipinski definition) is 1. The first-order valence-corrected chi connectivity index (χ1v) is 5.04. The van der Waals surface area contributed by atoms with Crippen molar-refractivity contribution in [2.24, 2.45) is 0 Å². The molecule has 0 aliphatic carbocycles. The van der Waals surface area contributed by atoms with Gasteiger partial charge in [-0.1, -0.05) is 39.9 Å². The van der Waals surface area contributed by atoms with Gasteiger partial charge in [-0.15, -0.1) is 13.2 Å². The van der Waals surface area contributed by atoms with Gasteiger partial charge in [0.15, 0.2) is 0 Å². The predicted molar refractivity (Wildman–Crippen MR) is 53.8 cm³/mol. The Morgan fingerprint density at radius 1 is 1.27 bits per heavy atom. The lowest BCUT2D eigenvalue weighted by atomic mass is 10.2. The van der Waals surface area contributed by atoms with Crippen LogP contribution < -0.4 is 4.74 Å². The fraction of sp³-hybridized carbons (Fsp3) is 0.200. The van der Waals surface area contributed by atoms with Crippen molar-refractivity contribution >= 4 is 15.9 Å². The number of hydrogen-bond donors (Lipinski definition) is 0. The van der Waals surface area contributed by atoms with E-state index >= 15 is 0 Å². The van der Waals surface area contributed by atoms with Crippen molar-refractivity contribution in [1.29, 1.82) is 0 Å². The maximum absolute atomic E-state index is 12.0. The van der Waals surface area contributed by atoms with E-state index in [1.807, 2.05) is 0 Å². The maximum atomic E-state index is 12.0. The zero-order chi connectivity index (χ0) is 11.3. The van der Waals surface area contributed by atoms with Gasteiger partial charge in [0.1, 0.15) is 5.75 Å². The molecule has 0 unspecified atom stereocenters. The summed E-state index contributed by atoms with van der Waals surface area (Å²) in [4.78, 5) is 0. The average molecular weight is 279 g/mol. The highest BCUT2D eigenvalue weighted by molar-refractivity contribution is 9.09. The van der Waals surface area contributed by atoms with Crippen LogP contribution in [0.15, 0.2) is 24.3 Å². The molecule has 15 heavy (non-hydrogen) atoms. The molecule has 1 aromatic rings. The summed E-state index contributed by atoms with van der Waals surface area (Å²) >= 11 is 3.06. The molecular weight excluding hydrogens is 273 g/mol. The third-order valence-corrected chi connectivity index (χ3v) is 1.68. The molecular formula is C10H6BrF3O. The Morgan fingerprint density at radius 3 is 2.53 bits per heavy atom. The average Bonchev–Trinajstić information content (AvgIpc) is 2.14. The zero-order valence-corrected chi connectivity index (χ0v) is 9.02. The summed E-state index contributed by atoms with van der Waals surface area (Å²) in [6.07, 6.45) is -4.69. The van der Waals surface area contributed by atoms with E-state index in [9.17, 15) is 13.2 Å². The van der Waals surface area contributed by atoms with Crippen LogP contribution in [0.25, 0.3) is 0 Å². The summed E-state index contributed by atoms with van der Waals surface area (Å²) in [6.45, 7) is 0. The minimum absolute atomic E-state index is 0.217. The Labute approximate surface area is 93.4 Å². The van der Waals surface area contributed by atoms with Gasteiger partial charge in [0, 0.05) is 0 Å². The van der Waals surface area contributed by atoms with Crippen LogP contribution in [0.4, 0.5) is 13.2 Å². The Balaban J connectivity index is 2.96. The van der Waals surface area contributed by atoms with E-state index in [0.717, 1.165) is 0 Å². The van der Waals surface area contributed by atoms with Crippen molar-refractivity contribution in [2.75, 3.05) is 5.33 Å². The van der Waals surface area contributed by atoms with Crippen LogP contribution in [0.3, 0.4) is 0 Å². The van der Waals surface area contributed by atoms with Crippen molar-refractivity contribution in [3.05, 3.63) is 29.8 Å². The van der Waals surface area contributed by atoms with Gasteiger partial charge in [-0.3, -0.25) is 0 Å². The number of alkyl halides is 4. The molecule has 0 spiro atoms. The van der Waals surface area contributed by atoms with Crippen molar-refractivity contribution < 1.29 is 17.9 Å². The zero-order valence-electron chi connectivity index (χ0n) is 7.44. The third kappa shape index (κ3) is 4.26. The minimum Gasteiger partial charge on any atom is -0.404 e. The predicted octanol–water partition coefficient (Wildman–Crippen LogP) is 3.33. The van der Waals surface area contributed by atoms with Crippen LogP contribution in [0.2, 0.25) is 0 Å². The molecule has 0 radical (unpaired) electrons. The monoisotopic (exact) mass is 278 g/mol. The number of halogens is 4. The van der Waals surface area contributed by atoms with Gasteiger partial charge in [-0.25, -0.2) is 0 Å². The first-order valence-electron chi connectivity index (χ1n) is 3.92. The summed E-state index contributed by atoms with van der Waals surface area (Å²) in [5.41, 5.74) is 0.217. The molecule has 5 heteroatoms. The van der Waals surface area contributed by atoms with E-state index in [1.54, 1.807) is 6.07 Å². The first-order chi connectivity index (χ1) is 7.03. The largest absolute Gasteiger partial charge is 0.573 e. The van der Waals surface area contributed by atoms with Gasteiger partial charge in [-0.2, -0.15) is 0 Å². The SMILES string of the molecule is FC(F)(F)Oc1ccccc1C#CCBr. The fourth-order valence-electron chi connectivity index (χ4n) is 0.912. The van der Waals surface area contributed by atoms with Crippen molar-refractivity contribution in [3.8, 4) is 17.6 Å². The lowest BCUT2D eigenvalue weighted by Crippen LogP contribution is -2.17. The molecule has 0 heterocycles. The second kappa shape index (κ2) is 5.08. The Morgan fingerprint density at radius 2 is 1.93 bits per heavy atom. The normalized spacial score (nSPS) is 10.4. The number of rotatable bonds is 1. The van der Waals surface area contributed by atoms with Gasteiger partial charge in [-0.05, 0) is 12.1 Å². The van der Waals surface area contributed by atoms with Gasteiger partial charge in [0.25, 0.3) is 0 Å². The highest BCUT2D eigenvalue weighted by atomic mass is 79.9. The highest BCUT2D eigenvalue weighted by Crippen LogP contribution is 2.25. The van der Waals surface area contributed by atoms with Crippen LogP contribution in [0, 0.1) is 11.8 Å². The number of ether oxygens (including phenoxy) is 1. The smallest absolute Gasteiger partial charge is 0.404 e. The van der Waals surface area contributed by atoms with Crippen molar-refractivity contribution in [2.45, 2.75) is 6.36 Å². The van der Waals surface area contributed by atoms with Crippen LogP contribution in [0.1, 0.15) is 5.56 Å². The molecule has 0 aliphatic rings. The van der Waals surface area contributed by atoms with E-state index in [0.29, 0.717) is 5.33 Å². The van der Waals surface area contributed by atoms with Crippen LogP contribution in [-0.4, -0.2) is 11.7 Å². The van der Waals surface area contributed by atoms with Crippen LogP contribution >= 0.6 is 15.9 Å². The maximum Gasteiger partial charge on any atom is 0.573 e. The van der Waals surface area contributed by atoms with Crippen LogP contribution in [-0.2, 0) is 0 Å². The first kappa shape index (κ1) is 11.9. The van der Waals surface area contributed by atoms with E-state index < -0.39 is 6.36 Å². The molecule has 0 atom stereocenters. The Hall–Kier alpha value is -1.15. The van der Waals surface area contributed by atoms with Crippen molar-refractivity contribution in [1.82, 2.24) is 0 Å². The second-order valence-corrected chi connectivity index (χ2v) is 3.04. The lowest BCUT2D eigenvalue weighted by molar-refractivity contribution is -0.274. The molecule has 80 valence electrons. The third-order valence-electron chi connectivity index (χ3n) is 1.40. The molecule has 0 bridgehead atoms. The molecule has 0 amide bonds. The summed E-state index contributed by atoms with van der Waals surface area (Å²) in [5, 5.41) is 0.396. The van der Waals surface area contributed by atoms with E-state index in [4.69, 9.17) is 0 Å². The summed E-state index contributed by atoms with van der Waals surface area (Å²) in [5.74, 6) is 4.89. The number of benzene rings is 1. The molecule has 0 aromatic heterocycles. The molecule has 0 aliphatic heterocycles. The summed E-state index contributed by atoms with van der Waals surface area (Å²) in [6, 6.07) is 5.75. The molecule has 1 rings (SSSR count). The van der Waals surface area contributed by atoms with Crippen molar-refractivity contribution in [3.63, 3.8) is 0 Å². The summed E-state index contributed by atoms with van der Waals surface area (Å²) < 4.78 is 39.7. The minimum atomic E-state index is -4.69. The molecule has 1 nitrogen and oxygen atoms in total. The van der Waals surface area contributed by atoms with Crippen LogP contribution in [0.5, 0.6) is 5.75 Å². The Kier molecular flexibility index (Phi) is 4.04. The van der Waals surface area contributed by atoms with Gasteiger partial charge >= 0.3 is 6.36 Å². The van der Waals surface area contributed by atoms with Gasteiger partial charge in [0.2, 0.25) is 0 Å². The lowest BCUT2D eigenvalue weighted by Gasteiger charge is -2.09. The van der Waals surface area contributed by atoms with E-state index in [2.05, 4.69) is 32.5 Å². The molecule has 1 aromatic carbocycles. The molecule has 0 fully saturated rings. The van der Waals surface area contributed by atoms with Gasteiger partial charge < -0.3 is 4.74 Å². The standard InChI is InChI=1S/C10H6BrF3O/c11-7-3-5-8-4-1-2-6-9(8)15-10(12,13)14/h1-2,4,6H,7H2. The molecule has 0 saturated heterocycles. The Bertz CT molecular complexity index is 390. The quantitative estimate of drug-likeness (QED) is 0.566. The second-order valence-electron chi connectivity index (χ2n) is 2.48. The topological polar surface area (TPSA) is 9.23 Å².